The number of fused-ring (bicyclic) bond motifs is 1. The van der Waals surface area contributed by atoms with Crippen molar-refractivity contribution in [1.29, 1.82) is 0 Å². The highest BCUT2D eigenvalue weighted by Crippen LogP contribution is 2.36. The molecule has 2 aromatic carbocycles. The topological polar surface area (TPSA) is 21.3 Å². The standard InChI is InChI=1S/C17H18ClNOS/c1-19-14(10-12-5-4-6-13(18)9-12)16-11-21-17-8-3-2-7-15(17)20-16/h2-9,14,16,19H,10-11H2,1H3. The number of ether oxygens (including phenoxy) is 1. The lowest BCUT2D eigenvalue weighted by molar-refractivity contribution is 0.169. The van der Waals surface area contributed by atoms with Crippen molar-refractivity contribution in [3.05, 3.63) is 59.1 Å². The lowest BCUT2D eigenvalue weighted by atomic mass is 10.0. The third-order valence-electron chi connectivity index (χ3n) is 3.69. The molecule has 0 saturated heterocycles. The number of hydrogen-bond donors (Lipinski definition) is 1. The number of para-hydroxylation sites is 1. The van der Waals surface area contributed by atoms with Gasteiger partial charge in [0.05, 0.1) is 0 Å². The molecule has 1 heterocycles. The van der Waals surface area contributed by atoms with Crippen LogP contribution in [0.5, 0.6) is 5.75 Å². The molecule has 0 radical (unpaired) electrons. The van der Waals surface area contributed by atoms with Gasteiger partial charge in [0.15, 0.2) is 0 Å². The fourth-order valence-electron chi connectivity index (χ4n) is 2.57. The minimum atomic E-state index is 0.161. The van der Waals surface area contributed by atoms with Gasteiger partial charge in [0.2, 0.25) is 0 Å². The molecule has 0 bridgehead atoms. The lowest BCUT2D eigenvalue weighted by Gasteiger charge is -2.31. The van der Waals surface area contributed by atoms with Crippen molar-refractivity contribution in [2.24, 2.45) is 0 Å². The van der Waals surface area contributed by atoms with Gasteiger partial charge >= 0.3 is 0 Å². The van der Waals surface area contributed by atoms with Crippen molar-refractivity contribution in [3.8, 4) is 5.75 Å². The third kappa shape index (κ3) is 3.54. The van der Waals surface area contributed by atoms with Crippen LogP contribution in [0.4, 0.5) is 0 Å². The molecule has 1 N–H and O–H groups in total. The summed E-state index contributed by atoms with van der Waals surface area (Å²) in [7, 11) is 1.99. The van der Waals surface area contributed by atoms with Gasteiger partial charge in [-0.1, -0.05) is 35.9 Å². The van der Waals surface area contributed by atoms with Gasteiger partial charge in [-0.05, 0) is 43.3 Å². The van der Waals surface area contributed by atoms with Gasteiger partial charge in [0.1, 0.15) is 11.9 Å². The quantitative estimate of drug-likeness (QED) is 0.919. The van der Waals surface area contributed by atoms with E-state index in [1.807, 2.05) is 49.1 Å². The molecule has 0 spiro atoms. The van der Waals surface area contributed by atoms with E-state index in [0.29, 0.717) is 0 Å². The Morgan fingerprint density at radius 2 is 2.14 bits per heavy atom. The summed E-state index contributed by atoms with van der Waals surface area (Å²) in [5, 5.41) is 4.17. The van der Waals surface area contributed by atoms with Gasteiger partial charge in [0.25, 0.3) is 0 Å². The van der Waals surface area contributed by atoms with Gasteiger partial charge in [-0.3, -0.25) is 0 Å². The van der Waals surface area contributed by atoms with E-state index in [4.69, 9.17) is 16.3 Å². The van der Waals surface area contributed by atoms with Gasteiger partial charge in [-0.2, -0.15) is 0 Å². The SMILES string of the molecule is CNC(Cc1cccc(Cl)c1)C1CSc2ccccc2O1. The summed E-state index contributed by atoms with van der Waals surface area (Å²) in [6, 6.07) is 16.5. The molecule has 0 saturated carbocycles. The Labute approximate surface area is 134 Å². The molecule has 2 atom stereocenters. The fraction of sp³-hybridized carbons (Fsp3) is 0.294. The van der Waals surface area contributed by atoms with Crippen molar-refractivity contribution in [1.82, 2.24) is 5.32 Å². The number of benzene rings is 2. The van der Waals surface area contributed by atoms with E-state index in [1.54, 1.807) is 0 Å². The zero-order chi connectivity index (χ0) is 14.7. The van der Waals surface area contributed by atoms with Crippen molar-refractivity contribution < 1.29 is 4.74 Å². The van der Waals surface area contributed by atoms with Crippen molar-refractivity contribution >= 4 is 23.4 Å². The Morgan fingerprint density at radius 1 is 1.29 bits per heavy atom. The summed E-state index contributed by atoms with van der Waals surface area (Å²) in [6.07, 6.45) is 1.07. The maximum absolute atomic E-state index is 6.17. The number of likely N-dealkylation sites (N-methyl/N-ethyl adjacent to an activating group) is 1. The second-order valence-corrected chi connectivity index (χ2v) is 6.64. The lowest BCUT2D eigenvalue weighted by Crippen LogP contribution is -2.45. The summed E-state index contributed by atoms with van der Waals surface area (Å²) in [5.74, 6) is 1.95. The third-order valence-corrected chi connectivity index (χ3v) is 5.07. The molecule has 110 valence electrons. The second-order valence-electron chi connectivity index (χ2n) is 5.14. The number of thioether (sulfide) groups is 1. The van der Waals surface area contributed by atoms with Gasteiger partial charge in [-0.15, -0.1) is 11.8 Å². The molecule has 0 amide bonds. The van der Waals surface area contributed by atoms with Crippen LogP contribution in [0, 0.1) is 0 Å². The van der Waals surface area contributed by atoms with E-state index in [2.05, 4.69) is 23.5 Å². The zero-order valence-electron chi connectivity index (χ0n) is 11.9. The molecule has 2 aromatic rings. The van der Waals surface area contributed by atoms with E-state index in [0.717, 1.165) is 22.9 Å². The van der Waals surface area contributed by atoms with E-state index < -0.39 is 0 Å². The van der Waals surface area contributed by atoms with Crippen LogP contribution >= 0.6 is 23.4 Å². The first-order chi connectivity index (χ1) is 10.3. The minimum Gasteiger partial charge on any atom is -0.487 e. The van der Waals surface area contributed by atoms with Gasteiger partial charge in [0, 0.05) is 21.7 Å². The molecule has 2 nitrogen and oxygen atoms in total. The maximum Gasteiger partial charge on any atom is 0.133 e. The second kappa shape index (κ2) is 6.73. The Balaban J connectivity index is 1.73. The molecule has 0 aliphatic carbocycles. The van der Waals surface area contributed by atoms with E-state index in [-0.39, 0.29) is 12.1 Å². The molecule has 21 heavy (non-hydrogen) atoms. The van der Waals surface area contributed by atoms with Gasteiger partial charge in [-0.25, -0.2) is 0 Å². The molecule has 1 aliphatic heterocycles. The molecule has 3 rings (SSSR count). The van der Waals surface area contributed by atoms with E-state index >= 15 is 0 Å². The van der Waals surface area contributed by atoms with E-state index in [1.165, 1.54) is 10.5 Å². The number of halogens is 1. The van der Waals surface area contributed by atoms with Crippen LogP contribution < -0.4 is 10.1 Å². The number of hydrogen-bond acceptors (Lipinski definition) is 3. The number of nitrogens with one attached hydrogen (secondary N) is 1. The minimum absolute atomic E-state index is 0.161. The van der Waals surface area contributed by atoms with Crippen LogP contribution in [0.25, 0.3) is 0 Å². The highest BCUT2D eigenvalue weighted by atomic mass is 35.5. The molecule has 2 unspecified atom stereocenters. The largest absolute Gasteiger partial charge is 0.487 e. The van der Waals surface area contributed by atoms with Crippen molar-refractivity contribution in [2.75, 3.05) is 12.8 Å². The maximum atomic E-state index is 6.17. The zero-order valence-corrected chi connectivity index (χ0v) is 13.5. The molecular weight excluding hydrogens is 302 g/mol. The van der Waals surface area contributed by atoms with Crippen LogP contribution in [0.15, 0.2) is 53.4 Å². The number of rotatable bonds is 4. The Bertz CT molecular complexity index is 619. The van der Waals surface area contributed by atoms with Crippen LogP contribution in [-0.2, 0) is 6.42 Å². The monoisotopic (exact) mass is 319 g/mol. The highest BCUT2D eigenvalue weighted by Gasteiger charge is 2.27. The summed E-state index contributed by atoms with van der Waals surface area (Å²) in [5.41, 5.74) is 1.23. The molecule has 4 heteroatoms. The summed E-state index contributed by atoms with van der Waals surface area (Å²) < 4.78 is 6.17. The summed E-state index contributed by atoms with van der Waals surface area (Å²) >= 11 is 7.93. The average Bonchev–Trinajstić information content (AvgIpc) is 2.52. The first-order valence-electron chi connectivity index (χ1n) is 7.06. The van der Waals surface area contributed by atoms with Crippen LogP contribution in [0.2, 0.25) is 5.02 Å². The summed E-state index contributed by atoms with van der Waals surface area (Å²) in [6.45, 7) is 0. The predicted molar refractivity (Wildman–Crippen MR) is 89.6 cm³/mol. The normalized spacial score (nSPS) is 18.7. The molecular formula is C17H18ClNOS. The van der Waals surface area contributed by atoms with Crippen molar-refractivity contribution in [3.63, 3.8) is 0 Å². The Kier molecular flexibility index (Phi) is 4.73. The van der Waals surface area contributed by atoms with Crippen LogP contribution in [0.1, 0.15) is 5.56 Å². The average molecular weight is 320 g/mol. The predicted octanol–water partition coefficient (Wildman–Crippen LogP) is 4.02. The first-order valence-corrected chi connectivity index (χ1v) is 8.43. The molecule has 1 aliphatic rings. The first kappa shape index (κ1) is 14.8. The fourth-order valence-corrected chi connectivity index (χ4v) is 3.86. The smallest absolute Gasteiger partial charge is 0.133 e. The Morgan fingerprint density at radius 3 is 2.95 bits per heavy atom. The van der Waals surface area contributed by atoms with Crippen LogP contribution in [0.3, 0.4) is 0 Å². The van der Waals surface area contributed by atoms with E-state index in [9.17, 15) is 0 Å². The molecule has 0 aromatic heterocycles. The van der Waals surface area contributed by atoms with Crippen LogP contribution in [-0.4, -0.2) is 24.9 Å². The van der Waals surface area contributed by atoms with Gasteiger partial charge < -0.3 is 10.1 Å². The Hall–Kier alpha value is -1.16. The summed E-state index contributed by atoms with van der Waals surface area (Å²) in [4.78, 5) is 1.23. The highest BCUT2D eigenvalue weighted by molar-refractivity contribution is 7.99. The molecule has 0 fully saturated rings. The van der Waals surface area contributed by atoms with Crippen molar-refractivity contribution in [2.45, 2.75) is 23.5 Å².